The second-order valence-corrected chi connectivity index (χ2v) is 32.1. The van der Waals surface area contributed by atoms with Crippen LogP contribution in [0.4, 0.5) is 16.2 Å². The average Bonchev–Trinajstić information content (AvgIpc) is 1.64. The van der Waals surface area contributed by atoms with Crippen LogP contribution in [0.2, 0.25) is 0 Å². The van der Waals surface area contributed by atoms with Gasteiger partial charge in [-0.3, -0.25) is 43.6 Å². The first-order chi connectivity index (χ1) is 41.3. The van der Waals surface area contributed by atoms with Gasteiger partial charge in [0.1, 0.15) is 28.9 Å². The summed E-state index contributed by atoms with van der Waals surface area (Å²) < 4.78 is 24.0. The molecule has 0 bridgehead atoms. The van der Waals surface area contributed by atoms with Gasteiger partial charge < -0.3 is 4.90 Å². The number of allylic oxidation sites excluding steroid dienone is 1. The van der Waals surface area contributed by atoms with Gasteiger partial charge in [-0.15, -0.1) is 0 Å². The number of thiocarbonyl (C=S) groups is 1. The normalized spacial score (nSPS) is 13.2. The standard InChI is InChI=1S/C16H22N2O2.C16H23NO2.C15H20OS.C14H20O3S.C12H19NO.C2H6/c1-12-6-5-7-13(10-12)17-8-9-18(15(17)20)14(19)11-16(2,3)4;1-12-6-8-13(9-7-12)17(5)15(19)10-14(18)11-16(2,3)4;1-15(2,3)11-14(17)10-13(16)9-12-7-5-4-6-8-12;1-11-5-7-13(8-6-11)18(16,17)10-12(15)9-14(2,3)4;1-9-5-10(13-8-9)6-11(14)7-12(2,3)4;1-2/h5-7,10H,8-9,11H2,1-4H3;6-9H,10-11H2,1-5H3;4-8H,9-11H2,1-3H3;5-8H,9-10H2,1-4H3;5H,6-8H2,1-4H3;1-2H3. The Bertz CT molecular complexity index is 3180. The molecule has 0 aliphatic carbocycles. The Morgan fingerprint density at radius 2 is 1.03 bits per heavy atom. The molecular weight excluding hydrogens is 1160 g/mol. The largest absolute Gasteiger partial charge is 0.331 e. The summed E-state index contributed by atoms with van der Waals surface area (Å²) in [6, 6.07) is 31.7. The Morgan fingerprint density at radius 1 is 0.544 bits per heavy atom. The Kier molecular flexibility index (Phi) is 33.5. The van der Waals surface area contributed by atoms with E-state index in [4.69, 9.17) is 12.2 Å². The molecule has 0 atom stereocenters. The molecular formula is C75H110N4O9S2. The van der Waals surface area contributed by atoms with Crippen molar-refractivity contribution < 1.29 is 42.0 Å². The van der Waals surface area contributed by atoms with Crippen molar-refractivity contribution in [3.63, 3.8) is 0 Å². The van der Waals surface area contributed by atoms with Gasteiger partial charge in [0.25, 0.3) is 0 Å². The Balaban J connectivity index is 0.000000561. The number of anilines is 2. The zero-order valence-corrected chi connectivity index (χ0v) is 60.5. The lowest BCUT2D eigenvalue weighted by Crippen LogP contribution is -2.37. The number of hydrogen-bond acceptors (Lipinski definition) is 11. The zero-order chi connectivity index (χ0) is 69.2. The summed E-state index contributed by atoms with van der Waals surface area (Å²) in [6.45, 7) is 44.2. The van der Waals surface area contributed by atoms with Crippen LogP contribution in [0, 0.1) is 47.8 Å². The molecule has 4 amide bonds. The molecule has 2 heterocycles. The number of carbonyl (C=O) groups excluding carboxylic acids is 7. The molecule has 4 aromatic rings. The highest BCUT2D eigenvalue weighted by Crippen LogP contribution is 2.27. The smallest absolute Gasteiger partial charge is 0.315 e. The van der Waals surface area contributed by atoms with E-state index in [0.29, 0.717) is 57.4 Å². The van der Waals surface area contributed by atoms with Crippen molar-refractivity contribution in [1.82, 2.24) is 4.90 Å². The third-order valence-electron chi connectivity index (χ3n) is 13.1. The highest BCUT2D eigenvalue weighted by Gasteiger charge is 2.35. The second kappa shape index (κ2) is 37.1. The molecule has 0 radical (unpaired) electrons. The van der Waals surface area contributed by atoms with E-state index >= 15 is 0 Å². The quantitative estimate of drug-likeness (QED) is 0.0688. The van der Waals surface area contributed by atoms with E-state index in [2.05, 4.69) is 46.5 Å². The monoisotopic (exact) mass is 1270 g/mol. The summed E-state index contributed by atoms with van der Waals surface area (Å²) in [6.07, 6.45) is 6.00. The lowest BCUT2D eigenvalue weighted by Gasteiger charge is -2.22. The SMILES string of the molecule is CC.CC(C)(C)CC(=S)CC(=O)Cc1ccccc1.CC1=CC(CC(=O)CC(C)(C)C)=NC1.Cc1ccc(N(C)C(=O)CC(=O)CC(C)(C)C)cc1.Cc1ccc(S(=O)(=O)CC(=O)CC(C)(C)C)cc1.Cc1cccc(N2CCN(C(=O)CC(C)(C)C)C2=O)c1. The van der Waals surface area contributed by atoms with Crippen molar-refractivity contribution in [2.45, 2.75) is 208 Å². The van der Waals surface area contributed by atoms with E-state index in [1.54, 1.807) is 41.1 Å². The molecule has 13 nitrogen and oxygen atoms in total. The van der Waals surface area contributed by atoms with Crippen LogP contribution in [0.15, 0.2) is 125 Å². The lowest BCUT2D eigenvalue weighted by molar-refractivity contribution is -0.130. The Hall–Kier alpha value is -6.58. The van der Waals surface area contributed by atoms with Gasteiger partial charge in [0, 0.05) is 87.0 Å². The number of nitrogens with zero attached hydrogens (tertiary/aromatic N) is 4. The number of sulfone groups is 1. The van der Waals surface area contributed by atoms with Gasteiger partial charge in [-0.05, 0) is 115 Å². The Morgan fingerprint density at radius 3 is 1.51 bits per heavy atom. The number of imide groups is 1. The van der Waals surface area contributed by atoms with Gasteiger partial charge >= 0.3 is 6.03 Å². The maximum atomic E-state index is 12.4. The minimum absolute atomic E-state index is 0.00328. The summed E-state index contributed by atoms with van der Waals surface area (Å²) in [5.74, 6) is -0.379. The van der Waals surface area contributed by atoms with E-state index in [1.807, 2.05) is 189 Å². The molecule has 1 saturated heterocycles. The topological polar surface area (TPSA) is 176 Å². The van der Waals surface area contributed by atoms with Gasteiger partial charge in [0.05, 0.1) is 17.9 Å². The maximum Gasteiger partial charge on any atom is 0.331 e. The van der Waals surface area contributed by atoms with Crippen LogP contribution in [0.3, 0.4) is 0 Å². The fourth-order valence-corrected chi connectivity index (χ4v) is 11.1. The fraction of sp³-hybridized carbons (Fsp3) is 0.533. The summed E-state index contributed by atoms with van der Waals surface area (Å²) in [5, 5.41) is 0. The molecule has 0 N–H and O–H groups in total. The molecule has 0 aromatic heterocycles. The number of amides is 4. The minimum atomic E-state index is -3.50. The third-order valence-corrected chi connectivity index (χ3v) is 15.0. The highest BCUT2D eigenvalue weighted by atomic mass is 32.2. The molecule has 0 saturated carbocycles. The maximum absolute atomic E-state index is 12.4. The molecule has 0 spiro atoms. The molecule has 2 aliphatic rings. The van der Waals surface area contributed by atoms with Gasteiger partial charge in [0.2, 0.25) is 11.8 Å². The molecule has 2 aliphatic heterocycles. The predicted octanol–water partition coefficient (Wildman–Crippen LogP) is 17.1. The van der Waals surface area contributed by atoms with E-state index in [0.717, 1.165) is 57.2 Å². The van der Waals surface area contributed by atoms with Crippen molar-refractivity contribution in [2.24, 2.45) is 32.1 Å². The van der Waals surface area contributed by atoms with Crippen molar-refractivity contribution in [3.05, 3.63) is 137 Å². The average molecular weight is 1280 g/mol. The first-order valence-corrected chi connectivity index (χ1v) is 33.5. The molecule has 4 aromatic carbocycles. The number of benzene rings is 4. The number of aliphatic imine (C=N–C) groups is 1. The number of carbonyl (C=O) groups is 7. The van der Waals surface area contributed by atoms with Crippen molar-refractivity contribution in [2.75, 3.05) is 42.2 Å². The van der Waals surface area contributed by atoms with Crippen LogP contribution in [-0.2, 0) is 45.0 Å². The predicted molar refractivity (Wildman–Crippen MR) is 378 cm³/mol. The number of aryl methyl sites for hydroxylation is 3. The summed E-state index contributed by atoms with van der Waals surface area (Å²) >= 11 is 5.27. The molecule has 496 valence electrons. The first kappa shape index (κ1) is 81.4. The van der Waals surface area contributed by atoms with Crippen LogP contribution in [0.25, 0.3) is 0 Å². The van der Waals surface area contributed by atoms with E-state index < -0.39 is 15.6 Å². The minimum Gasteiger partial charge on any atom is -0.315 e. The van der Waals surface area contributed by atoms with Gasteiger partial charge in [0.15, 0.2) is 9.84 Å². The molecule has 6 rings (SSSR count). The van der Waals surface area contributed by atoms with Crippen molar-refractivity contribution in [3.8, 4) is 0 Å². The third kappa shape index (κ3) is 35.7. The highest BCUT2D eigenvalue weighted by molar-refractivity contribution is 7.92. The van der Waals surface area contributed by atoms with E-state index in [-0.39, 0.29) is 80.0 Å². The van der Waals surface area contributed by atoms with Crippen molar-refractivity contribution in [1.29, 1.82) is 0 Å². The zero-order valence-electron chi connectivity index (χ0n) is 58.9. The number of hydrogen-bond donors (Lipinski definition) is 0. The van der Waals surface area contributed by atoms with Gasteiger partial charge in [-0.1, -0.05) is 213 Å². The van der Waals surface area contributed by atoms with Crippen LogP contribution >= 0.6 is 12.2 Å². The van der Waals surface area contributed by atoms with Crippen LogP contribution in [-0.4, -0.2) is 97.3 Å². The molecule has 15 heteroatoms. The lowest BCUT2D eigenvalue weighted by atomic mass is 9.88. The first-order valence-electron chi connectivity index (χ1n) is 31.4. The molecule has 0 unspecified atom stereocenters. The van der Waals surface area contributed by atoms with Crippen LogP contribution < -0.4 is 9.80 Å². The van der Waals surface area contributed by atoms with Gasteiger partial charge in [-0.25, -0.2) is 13.2 Å². The Labute approximate surface area is 548 Å². The number of rotatable bonds is 18. The van der Waals surface area contributed by atoms with Gasteiger partial charge in [-0.2, -0.15) is 0 Å². The fourth-order valence-electron chi connectivity index (χ4n) is 9.21. The number of urea groups is 1. The van der Waals surface area contributed by atoms with Crippen LogP contribution in [0.1, 0.15) is 198 Å². The van der Waals surface area contributed by atoms with Crippen molar-refractivity contribution >= 4 is 85.0 Å². The summed E-state index contributed by atoms with van der Waals surface area (Å²) in [5.41, 5.74) is 8.11. The van der Waals surface area contributed by atoms with E-state index in [1.165, 1.54) is 10.5 Å². The van der Waals surface area contributed by atoms with E-state index in [9.17, 15) is 42.0 Å². The summed E-state index contributed by atoms with van der Waals surface area (Å²) in [7, 11) is -1.79. The molecule has 90 heavy (non-hydrogen) atoms. The molecule has 1 fully saturated rings. The van der Waals surface area contributed by atoms with Crippen LogP contribution in [0.5, 0.6) is 0 Å². The number of ketones is 4. The summed E-state index contributed by atoms with van der Waals surface area (Å²) in [4.78, 5) is 93.5. The number of Topliss-reactive ketones (excluding diaryl/α,β-unsaturated/α-hetero) is 4. The second-order valence-electron chi connectivity index (χ2n) is 29.6.